The molecule has 0 radical (unpaired) electrons. The van der Waals surface area contributed by atoms with E-state index in [1.165, 1.54) is 15.8 Å². The number of hydrogen-bond donors (Lipinski definition) is 2. The summed E-state index contributed by atoms with van der Waals surface area (Å²) < 4.78 is 39.7. The first-order valence-electron chi connectivity index (χ1n) is 9.72. The molecule has 5 nitrogen and oxygen atoms in total. The maximum absolute atomic E-state index is 12.5. The third kappa shape index (κ3) is 7.36. The Bertz CT molecular complexity index is 790. The molecule has 1 aromatic heterocycles. The van der Waals surface area contributed by atoms with Gasteiger partial charge < -0.3 is 15.2 Å². The van der Waals surface area contributed by atoms with Crippen molar-refractivity contribution in [3.8, 4) is 0 Å². The number of aryl methyl sites for hydroxylation is 1. The van der Waals surface area contributed by atoms with Crippen LogP contribution in [0.15, 0.2) is 41.5 Å². The van der Waals surface area contributed by atoms with Gasteiger partial charge in [0, 0.05) is 44.9 Å². The van der Waals surface area contributed by atoms with Crippen molar-refractivity contribution in [2.24, 2.45) is 10.9 Å². The van der Waals surface area contributed by atoms with E-state index in [2.05, 4.69) is 44.6 Å². The molecular weight excluding hydrogens is 494 g/mol. The van der Waals surface area contributed by atoms with Crippen LogP contribution in [0.3, 0.4) is 0 Å². The second-order valence-electron chi connectivity index (χ2n) is 7.31. The lowest BCUT2D eigenvalue weighted by Gasteiger charge is -2.18. The van der Waals surface area contributed by atoms with E-state index in [-0.39, 0.29) is 29.9 Å². The number of para-hydroxylation sites is 1. The van der Waals surface area contributed by atoms with Crippen LogP contribution in [0.25, 0.3) is 10.9 Å². The fraction of sp³-hybridized carbons (Fsp3) is 0.550. The summed E-state index contributed by atoms with van der Waals surface area (Å²) in [6.07, 6.45) is -0.293. The Labute approximate surface area is 186 Å². The van der Waals surface area contributed by atoms with E-state index < -0.39 is 12.7 Å². The zero-order valence-electron chi connectivity index (χ0n) is 16.6. The van der Waals surface area contributed by atoms with Crippen molar-refractivity contribution in [3.05, 3.63) is 36.5 Å². The number of aromatic nitrogens is 1. The van der Waals surface area contributed by atoms with Gasteiger partial charge in [0.25, 0.3) is 0 Å². The molecule has 0 amide bonds. The summed E-state index contributed by atoms with van der Waals surface area (Å²) >= 11 is 0. The molecule has 9 heteroatoms. The lowest BCUT2D eigenvalue weighted by Crippen LogP contribution is -2.41. The summed E-state index contributed by atoms with van der Waals surface area (Å²) in [5, 5.41) is 7.77. The molecule has 0 aliphatic carbocycles. The first-order valence-corrected chi connectivity index (χ1v) is 9.72. The van der Waals surface area contributed by atoms with Crippen LogP contribution in [-0.4, -0.2) is 61.4 Å². The third-order valence-corrected chi connectivity index (χ3v) is 5.10. The van der Waals surface area contributed by atoms with E-state index in [1.54, 1.807) is 7.05 Å². The smallest absolute Gasteiger partial charge is 0.356 e. The number of halogens is 4. The molecule has 1 aromatic carbocycles. The topological polar surface area (TPSA) is 44.6 Å². The van der Waals surface area contributed by atoms with Gasteiger partial charge in [0.1, 0.15) is 0 Å². The Morgan fingerprint density at radius 2 is 2.00 bits per heavy atom. The summed E-state index contributed by atoms with van der Waals surface area (Å²) in [7, 11) is 1.71. The predicted molar refractivity (Wildman–Crippen MR) is 122 cm³/mol. The molecular formula is C20H29F3IN5. The monoisotopic (exact) mass is 523 g/mol. The van der Waals surface area contributed by atoms with Crippen LogP contribution in [0.4, 0.5) is 13.2 Å². The van der Waals surface area contributed by atoms with E-state index in [4.69, 9.17) is 0 Å². The molecule has 29 heavy (non-hydrogen) atoms. The van der Waals surface area contributed by atoms with Crippen molar-refractivity contribution in [1.29, 1.82) is 0 Å². The van der Waals surface area contributed by atoms with Gasteiger partial charge in [-0.2, -0.15) is 13.2 Å². The number of fused-ring (bicyclic) bond motifs is 1. The van der Waals surface area contributed by atoms with Gasteiger partial charge in [-0.3, -0.25) is 9.89 Å². The van der Waals surface area contributed by atoms with Gasteiger partial charge in [0.05, 0.1) is 6.54 Å². The molecule has 2 heterocycles. The van der Waals surface area contributed by atoms with Crippen molar-refractivity contribution in [2.45, 2.75) is 25.6 Å². The zero-order chi connectivity index (χ0) is 20.0. The van der Waals surface area contributed by atoms with E-state index in [0.29, 0.717) is 25.6 Å². The highest BCUT2D eigenvalue weighted by Crippen LogP contribution is 2.22. The molecule has 1 aliphatic heterocycles. The number of alkyl halides is 3. The lowest BCUT2D eigenvalue weighted by molar-refractivity contribution is -0.143. The predicted octanol–water partition coefficient (Wildman–Crippen LogP) is 3.70. The molecule has 1 atom stereocenters. The summed E-state index contributed by atoms with van der Waals surface area (Å²) in [4.78, 5) is 5.68. The molecule has 1 saturated heterocycles. The van der Waals surface area contributed by atoms with Gasteiger partial charge in [-0.25, -0.2) is 0 Å². The largest absolute Gasteiger partial charge is 0.401 e. The molecule has 2 aromatic rings. The molecule has 2 N–H and O–H groups in total. The first kappa shape index (κ1) is 23.8. The van der Waals surface area contributed by atoms with Gasteiger partial charge in [-0.15, -0.1) is 24.0 Å². The van der Waals surface area contributed by atoms with Crippen LogP contribution in [0.2, 0.25) is 0 Å². The molecule has 162 valence electrons. The Kier molecular flexibility index (Phi) is 9.06. The van der Waals surface area contributed by atoms with Crippen molar-refractivity contribution < 1.29 is 13.2 Å². The summed E-state index contributed by atoms with van der Waals surface area (Å²) in [6.45, 7) is 2.48. The summed E-state index contributed by atoms with van der Waals surface area (Å²) in [5.74, 6) is 0.916. The van der Waals surface area contributed by atoms with Crippen LogP contribution in [0, 0.1) is 5.92 Å². The second-order valence-corrected chi connectivity index (χ2v) is 7.31. The molecule has 3 rings (SSSR count). The first-order chi connectivity index (χ1) is 13.4. The standard InChI is InChI=1S/C20H28F3N5.HI/c1-24-19(26-13-16-7-11-27(14-16)15-20(21,22)23)25-9-4-10-28-12-8-17-5-2-3-6-18(17)28;/h2-3,5-6,8,12,16H,4,7,9-11,13-15H2,1H3,(H2,24,25,26);1H. The van der Waals surface area contributed by atoms with Crippen molar-refractivity contribution in [3.63, 3.8) is 0 Å². The summed E-state index contributed by atoms with van der Waals surface area (Å²) in [6, 6.07) is 10.4. The second kappa shape index (κ2) is 11.1. The lowest BCUT2D eigenvalue weighted by atomic mass is 10.1. The van der Waals surface area contributed by atoms with Crippen LogP contribution in [-0.2, 0) is 6.54 Å². The van der Waals surface area contributed by atoms with Gasteiger partial charge >= 0.3 is 6.18 Å². The quantitative estimate of drug-likeness (QED) is 0.252. The van der Waals surface area contributed by atoms with Crippen molar-refractivity contribution in [2.75, 3.05) is 39.8 Å². The number of likely N-dealkylation sites (tertiary alicyclic amines) is 1. The Morgan fingerprint density at radius 1 is 1.21 bits per heavy atom. The van der Waals surface area contributed by atoms with Gasteiger partial charge in [-0.05, 0) is 42.8 Å². The number of hydrogen-bond acceptors (Lipinski definition) is 2. The van der Waals surface area contributed by atoms with Crippen molar-refractivity contribution in [1.82, 2.24) is 20.1 Å². The molecule has 0 saturated carbocycles. The van der Waals surface area contributed by atoms with E-state index in [1.807, 2.05) is 12.1 Å². The minimum atomic E-state index is -4.12. The van der Waals surface area contributed by atoms with Crippen LogP contribution >= 0.6 is 24.0 Å². The molecule has 0 spiro atoms. The van der Waals surface area contributed by atoms with E-state index in [0.717, 1.165) is 25.9 Å². The normalized spacial score (nSPS) is 18.1. The van der Waals surface area contributed by atoms with Crippen LogP contribution in [0.5, 0.6) is 0 Å². The molecule has 1 aliphatic rings. The van der Waals surface area contributed by atoms with Gasteiger partial charge in [0.15, 0.2) is 5.96 Å². The highest BCUT2D eigenvalue weighted by atomic mass is 127. The third-order valence-electron chi connectivity index (χ3n) is 5.10. The van der Waals surface area contributed by atoms with Crippen LogP contribution in [0.1, 0.15) is 12.8 Å². The number of nitrogens with one attached hydrogen (secondary N) is 2. The number of guanidine groups is 1. The van der Waals surface area contributed by atoms with Crippen molar-refractivity contribution >= 4 is 40.8 Å². The minimum Gasteiger partial charge on any atom is -0.356 e. The molecule has 1 fully saturated rings. The zero-order valence-corrected chi connectivity index (χ0v) is 18.9. The maximum Gasteiger partial charge on any atom is 0.401 e. The van der Waals surface area contributed by atoms with E-state index in [9.17, 15) is 13.2 Å². The number of nitrogens with zero attached hydrogens (tertiary/aromatic N) is 3. The SMILES string of the molecule is CN=C(NCCCn1ccc2ccccc21)NCC1CCN(CC(F)(F)F)C1.I. The minimum absolute atomic E-state index is 0. The average Bonchev–Trinajstić information content (AvgIpc) is 3.26. The molecule has 0 bridgehead atoms. The highest BCUT2D eigenvalue weighted by molar-refractivity contribution is 14.0. The molecule has 1 unspecified atom stereocenters. The van der Waals surface area contributed by atoms with Crippen LogP contribution < -0.4 is 10.6 Å². The number of benzene rings is 1. The number of aliphatic imine (C=N–C) groups is 1. The van der Waals surface area contributed by atoms with E-state index >= 15 is 0 Å². The summed E-state index contributed by atoms with van der Waals surface area (Å²) in [5.41, 5.74) is 1.23. The Morgan fingerprint density at radius 3 is 2.76 bits per heavy atom. The number of rotatable bonds is 7. The Hall–Kier alpha value is -1.49. The fourth-order valence-corrected chi connectivity index (χ4v) is 3.73. The highest BCUT2D eigenvalue weighted by Gasteiger charge is 2.34. The Balaban J connectivity index is 0.00000300. The van der Waals surface area contributed by atoms with Gasteiger partial charge in [-0.1, -0.05) is 18.2 Å². The average molecular weight is 523 g/mol. The van der Waals surface area contributed by atoms with Gasteiger partial charge in [0.2, 0.25) is 0 Å². The fourth-order valence-electron chi connectivity index (χ4n) is 3.73. The maximum atomic E-state index is 12.5.